The highest BCUT2D eigenvalue weighted by Crippen LogP contribution is 2.42. The van der Waals surface area contributed by atoms with Gasteiger partial charge in [-0.15, -0.1) is 0 Å². The highest BCUT2D eigenvalue weighted by molar-refractivity contribution is 5.20. The van der Waals surface area contributed by atoms with Gasteiger partial charge in [0, 0.05) is 36.2 Å². The minimum atomic E-state index is -1.01. The summed E-state index contributed by atoms with van der Waals surface area (Å²) in [6, 6.07) is 7.78. The molecule has 0 unspecified atom stereocenters. The van der Waals surface area contributed by atoms with Gasteiger partial charge in [-0.3, -0.25) is 9.69 Å². The zero-order valence-corrected chi connectivity index (χ0v) is 16.2. The van der Waals surface area contributed by atoms with Gasteiger partial charge in [0.15, 0.2) is 11.6 Å². The van der Waals surface area contributed by atoms with Crippen molar-refractivity contribution in [2.45, 2.75) is 75.2 Å². The van der Waals surface area contributed by atoms with Crippen LogP contribution in [0.4, 0.5) is 8.78 Å². The highest BCUT2D eigenvalue weighted by Gasteiger charge is 2.48. The van der Waals surface area contributed by atoms with Crippen LogP contribution >= 0.6 is 0 Å². The summed E-state index contributed by atoms with van der Waals surface area (Å²) in [6.07, 6.45) is 5.03. The normalized spacial score (nSPS) is 29.3. The number of aromatic nitrogens is 2. The molecule has 7 heteroatoms. The quantitative estimate of drug-likeness (QED) is 0.837. The van der Waals surface area contributed by atoms with Crippen LogP contribution in [0.1, 0.15) is 55.7 Å². The van der Waals surface area contributed by atoms with E-state index >= 15 is 0 Å². The number of aliphatic hydroxyl groups is 1. The van der Waals surface area contributed by atoms with Gasteiger partial charge in [-0.25, -0.2) is 13.5 Å². The Morgan fingerprint density at radius 1 is 1.07 bits per heavy atom. The molecule has 3 aliphatic rings. The van der Waals surface area contributed by atoms with Crippen molar-refractivity contribution in [1.29, 1.82) is 0 Å². The fraction of sp³-hybridized carbons (Fsp3) is 0.545. The first-order valence-electron chi connectivity index (χ1n) is 10.4. The molecule has 1 N–H and O–H groups in total. The molecule has 5 nitrogen and oxygen atoms in total. The fourth-order valence-electron chi connectivity index (χ4n) is 5.12. The van der Waals surface area contributed by atoms with Gasteiger partial charge in [-0.05, 0) is 50.7 Å². The molecular weight excluding hydrogens is 376 g/mol. The first-order chi connectivity index (χ1) is 13.9. The van der Waals surface area contributed by atoms with Crippen LogP contribution in [0.25, 0.3) is 0 Å². The van der Waals surface area contributed by atoms with Crippen molar-refractivity contribution < 1.29 is 13.9 Å². The molecule has 154 valence electrons. The average molecular weight is 401 g/mol. The second-order valence-corrected chi connectivity index (χ2v) is 8.93. The van der Waals surface area contributed by atoms with Gasteiger partial charge in [0.1, 0.15) is 0 Å². The molecule has 3 fully saturated rings. The summed E-state index contributed by atoms with van der Waals surface area (Å²) < 4.78 is 29.1. The van der Waals surface area contributed by atoms with Crippen molar-refractivity contribution in [3.63, 3.8) is 0 Å². The lowest BCUT2D eigenvalue weighted by molar-refractivity contribution is -0.0680. The Hall–Kier alpha value is -2.12. The van der Waals surface area contributed by atoms with Crippen LogP contribution in [0.3, 0.4) is 0 Å². The summed E-state index contributed by atoms with van der Waals surface area (Å²) in [4.78, 5) is 14.5. The molecule has 2 saturated heterocycles. The average Bonchev–Trinajstić information content (AvgIpc) is 3.49. The number of rotatable bonds is 5. The number of benzene rings is 1. The number of fused-ring (bicyclic) bond motifs is 2. The Labute approximate surface area is 168 Å². The second kappa shape index (κ2) is 6.99. The lowest BCUT2D eigenvalue weighted by Crippen LogP contribution is -2.53. The number of halogens is 2. The van der Waals surface area contributed by atoms with Crippen LogP contribution in [0.2, 0.25) is 0 Å². The number of piperidine rings is 1. The molecule has 2 aliphatic heterocycles. The molecule has 29 heavy (non-hydrogen) atoms. The van der Waals surface area contributed by atoms with Crippen LogP contribution in [0, 0.1) is 11.6 Å². The molecular formula is C22H25F2N3O2. The zero-order chi connectivity index (χ0) is 20.2. The van der Waals surface area contributed by atoms with Gasteiger partial charge in [0.25, 0.3) is 5.56 Å². The van der Waals surface area contributed by atoms with Crippen molar-refractivity contribution in [3.8, 4) is 0 Å². The lowest BCUT2D eigenvalue weighted by Gasteiger charge is -2.43. The number of nitrogens with zero attached hydrogens (tertiary/aromatic N) is 3. The molecule has 2 bridgehead atoms. The number of hydrogen-bond acceptors (Lipinski definition) is 4. The zero-order valence-electron chi connectivity index (χ0n) is 16.2. The molecule has 1 saturated carbocycles. The van der Waals surface area contributed by atoms with Gasteiger partial charge in [0.2, 0.25) is 0 Å². The van der Waals surface area contributed by atoms with Crippen LogP contribution in [-0.2, 0) is 13.1 Å². The van der Waals surface area contributed by atoms with E-state index in [0.29, 0.717) is 30.9 Å². The monoisotopic (exact) mass is 401 g/mol. The SMILES string of the molecule is O=c1ccc(C2CC2)nn1CC1(O)C[C@@H]2CC[C@@H](C1)N2Cc1cccc(F)c1F. The highest BCUT2D eigenvalue weighted by atomic mass is 19.2. The molecule has 2 atom stereocenters. The third-order valence-electron chi connectivity index (χ3n) is 6.71. The maximum atomic E-state index is 14.1. The van der Waals surface area contributed by atoms with Crippen molar-refractivity contribution in [3.05, 3.63) is 63.6 Å². The molecule has 0 amide bonds. The predicted octanol–water partition coefficient (Wildman–Crippen LogP) is 2.96. The van der Waals surface area contributed by atoms with E-state index in [9.17, 15) is 18.7 Å². The Kier molecular flexibility index (Phi) is 4.55. The largest absolute Gasteiger partial charge is 0.388 e. The summed E-state index contributed by atoms with van der Waals surface area (Å²) in [5, 5.41) is 15.8. The van der Waals surface area contributed by atoms with E-state index in [-0.39, 0.29) is 24.2 Å². The Balaban J connectivity index is 1.33. The van der Waals surface area contributed by atoms with E-state index < -0.39 is 17.2 Å². The van der Waals surface area contributed by atoms with Gasteiger partial charge in [0.05, 0.1) is 17.8 Å². The van der Waals surface area contributed by atoms with Crippen molar-refractivity contribution in [2.75, 3.05) is 0 Å². The van der Waals surface area contributed by atoms with Crippen molar-refractivity contribution in [2.24, 2.45) is 0 Å². The maximum Gasteiger partial charge on any atom is 0.266 e. The molecule has 1 aromatic heterocycles. The summed E-state index contributed by atoms with van der Waals surface area (Å²) in [5.74, 6) is -1.18. The van der Waals surface area contributed by atoms with Crippen LogP contribution < -0.4 is 5.56 Å². The first kappa shape index (κ1) is 18.9. The minimum absolute atomic E-state index is 0.0868. The molecule has 0 radical (unpaired) electrons. The second-order valence-electron chi connectivity index (χ2n) is 8.93. The maximum absolute atomic E-state index is 14.1. The summed E-state index contributed by atoms with van der Waals surface area (Å²) in [7, 11) is 0. The summed E-state index contributed by atoms with van der Waals surface area (Å²) in [6.45, 7) is 0.520. The third kappa shape index (κ3) is 3.62. The standard InChI is InChI=1S/C22H25F2N3O2/c23-18-3-1-2-15(21(18)24)12-26-16-6-7-17(26)11-22(29,10-16)13-27-20(28)9-8-19(25-27)14-4-5-14/h1-3,8-9,14,16-17,29H,4-7,10-13H2/t16-,17-/m0/s1. The topological polar surface area (TPSA) is 58.4 Å². The van der Waals surface area contributed by atoms with E-state index in [1.807, 2.05) is 0 Å². The van der Waals surface area contributed by atoms with E-state index in [2.05, 4.69) is 10.00 Å². The Morgan fingerprint density at radius 3 is 2.48 bits per heavy atom. The minimum Gasteiger partial charge on any atom is -0.388 e. The fourth-order valence-corrected chi connectivity index (χ4v) is 5.12. The number of hydrogen-bond donors (Lipinski definition) is 1. The van der Waals surface area contributed by atoms with E-state index in [4.69, 9.17) is 0 Å². The predicted molar refractivity (Wildman–Crippen MR) is 103 cm³/mol. The van der Waals surface area contributed by atoms with E-state index in [1.165, 1.54) is 10.7 Å². The van der Waals surface area contributed by atoms with Gasteiger partial charge < -0.3 is 5.11 Å². The van der Waals surface area contributed by atoms with E-state index in [1.54, 1.807) is 18.2 Å². The molecule has 0 spiro atoms. The van der Waals surface area contributed by atoms with E-state index in [0.717, 1.165) is 37.4 Å². The molecule has 1 aromatic carbocycles. The summed E-state index contributed by atoms with van der Waals surface area (Å²) in [5.41, 5.74) is 0.0685. The van der Waals surface area contributed by atoms with Crippen LogP contribution in [0.5, 0.6) is 0 Å². The van der Waals surface area contributed by atoms with Crippen molar-refractivity contribution in [1.82, 2.24) is 14.7 Å². The Bertz CT molecular complexity index is 974. The van der Waals surface area contributed by atoms with Gasteiger partial charge in [-0.1, -0.05) is 12.1 Å². The lowest BCUT2D eigenvalue weighted by atomic mass is 9.85. The first-order valence-corrected chi connectivity index (χ1v) is 10.4. The Morgan fingerprint density at radius 2 is 1.79 bits per heavy atom. The summed E-state index contributed by atoms with van der Waals surface area (Å²) >= 11 is 0. The smallest absolute Gasteiger partial charge is 0.266 e. The molecule has 3 heterocycles. The molecule has 1 aliphatic carbocycles. The third-order valence-corrected chi connectivity index (χ3v) is 6.71. The van der Waals surface area contributed by atoms with Crippen LogP contribution in [0.15, 0.2) is 35.1 Å². The van der Waals surface area contributed by atoms with Gasteiger partial charge in [-0.2, -0.15) is 5.10 Å². The van der Waals surface area contributed by atoms with Crippen molar-refractivity contribution >= 4 is 0 Å². The molecule has 5 rings (SSSR count). The van der Waals surface area contributed by atoms with Crippen LogP contribution in [-0.4, -0.2) is 37.5 Å². The molecule has 2 aromatic rings. The van der Waals surface area contributed by atoms with Gasteiger partial charge >= 0.3 is 0 Å².